The van der Waals surface area contributed by atoms with E-state index in [2.05, 4.69) is 5.32 Å². The molecule has 4 N–H and O–H groups in total. The van der Waals surface area contributed by atoms with E-state index in [1.165, 1.54) is 0 Å². The average Bonchev–Trinajstić information content (AvgIpc) is 2.38. The van der Waals surface area contributed by atoms with Gasteiger partial charge in [-0.1, -0.05) is 23.2 Å². The lowest BCUT2D eigenvalue weighted by molar-refractivity contribution is -0.143. The maximum Gasteiger partial charge on any atom is 0.326 e. The highest BCUT2D eigenvalue weighted by Crippen LogP contribution is 2.29. The number of nitrogens with one attached hydrogen (secondary N) is 1. The number of halogens is 2. The van der Waals surface area contributed by atoms with E-state index in [-0.39, 0.29) is 5.75 Å². The molecule has 114 valence electrons. The molecule has 1 atom stereocenters. The molecule has 0 aliphatic carbocycles. The lowest BCUT2D eigenvalue weighted by atomic mass is 10.2. The van der Waals surface area contributed by atoms with Gasteiger partial charge in [-0.2, -0.15) is 0 Å². The minimum Gasteiger partial charge on any atom is -0.480 e. The van der Waals surface area contributed by atoms with Crippen LogP contribution >= 0.6 is 35.0 Å². The molecule has 0 spiro atoms. The zero-order chi connectivity index (χ0) is 16.0. The van der Waals surface area contributed by atoms with Gasteiger partial charge in [0.25, 0.3) is 0 Å². The molecule has 0 heterocycles. The number of amides is 2. The number of hydrogen-bond donors (Lipinski definition) is 3. The van der Waals surface area contributed by atoms with Gasteiger partial charge < -0.3 is 16.2 Å². The molecule has 0 aliphatic rings. The van der Waals surface area contributed by atoms with Gasteiger partial charge in [-0.3, -0.25) is 9.59 Å². The van der Waals surface area contributed by atoms with Crippen molar-refractivity contribution in [1.82, 2.24) is 5.32 Å². The fraction of sp³-hybridized carbons (Fsp3) is 0.250. The molecule has 0 aromatic heterocycles. The van der Waals surface area contributed by atoms with Gasteiger partial charge in [0.2, 0.25) is 11.8 Å². The third-order valence-corrected chi connectivity index (χ3v) is 4.02. The Balaban J connectivity index is 2.58. The number of thioether (sulfide) groups is 1. The van der Waals surface area contributed by atoms with E-state index in [0.29, 0.717) is 14.9 Å². The van der Waals surface area contributed by atoms with Crippen LogP contribution in [-0.2, 0) is 14.4 Å². The van der Waals surface area contributed by atoms with Crippen molar-refractivity contribution in [3.05, 3.63) is 28.2 Å². The fourth-order valence-electron chi connectivity index (χ4n) is 1.37. The summed E-state index contributed by atoms with van der Waals surface area (Å²) in [4.78, 5) is 33.9. The minimum atomic E-state index is -1.34. The van der Waals surface area contributed by atoms with Gasteiger partial charge >= 0.3 is 5.97 Å². The molecule has 1 unspecified atom stereocenters. The quantitative estimate of drug-likeness (QED) is 0.646. The summed E-state index contributed by atoms with van der Waals surface area (Å²) in [7, 11) is 0. The van der Waals surface area contributed by atoms with Gasteiger partial charge in [0, 0.05) is 9.92 Å². The van der Waals surface area contributed by atoms with Crippen LogP contribution in [-0.4, -0.2) is 34.7 Å². The van der Waals surface area contributed by atoms with Crippen molar-refractivity contribution < 1.29 is 19.5 Å². The number of carboxylic acid groups (broad SMARTS) is 1. The largest absolute Gasteiger partial charge is 0.480 e. The summed E-state index contributed by atoms with van der Waals surface area (Å²) >= 11 is 12.9. The molecule has 0 saturated heterocycles. The maximum atomic E-state index is 11.7. The second-order valence-corrected chi connectivity index (χ2v) is 5.85. The molecular weight excluding hydrogens is 339 g/mol. The number of nitrogens with two attached hydrogens (primary N) is 1. The highest BCUT2D eigenvalue weighted by atomic mass is 35.5. The standard InChI is InChI=1S/C12H12Cl2N2O4S/c13-6-1-2-7(14)9(3-6)21-5-11(18)16-8(12(19)20)4-10(15)17/h1-3,8H,4-5H2,(H2,15,17)(H,16,18)(H,19,20). The molecular formula is C12H12Cl2N2O4S. The van der Waals surface area contributed by atoms with Crippen molar-refractivity contribution in [1.29, 1.82) is 0 Å². The van der Waals surface area contributed by atoms with Crippen LogP contribution in [0.3, 0.4) is 0 Å². The Morgan fingerprint density at radius 1 is 1.33 bits per heavy atom. The fourth-order valence-corrected chi connectivity index (χ4v) is 2.67. The number of carboxylic acids is 1. The summed E-state index contributed by atoms with van der Waals surface area (Å²) in [5.74, 6) is -2.76. The molecule has 21 heavy (non-hydrogen) atoms. The van der Waals surface area contributed by atoms with Crippen molar-refractivity contribution >= 4 is 52.7 Å². The van der Waals surface area contributed by atoms with Gasteiger partial charge in [0.05, 0.1) is 17.2 Å². The van der Waals surface area contributed by atoms with Crippen LogP contribution in [0.15, 0.2) is 23.1 Å². The second-order valence-electron chi connectivity index (χ2n) is 3.99. The number of aliphatic carboxylic acids is 1. The molecule has 0 radical (unpaired) electrons. The minimum absolute atomic E-state index is 0.0669. The van der Waals surface area contributed by atoms with Crippen molar-refractivity contribution in [2.75, 3.05) is 5.75 Å². The Morgan fingerprint density at radius 2 is 2.00 bits per heavy atom. The van der Waals surface area contributed by atoms with Crippen LogP contribution < -0.4 is 11.1 Å². The monoisotopic (exact) mass is 350 g/mol. The van der Waals surface area contributed by atoms with E-state index in [1.54, 1.807) is 18.2 Å². The van der Waals surface area contributed by atoms with Gasteiger partial charge in [0.15, 0.2) is 0 Å². The Kier molecular flexibility index (Phi) is 6.80. The first kappa shape index (κ1) is 17.6. The Labute approximate surface area is 135 Å². The van der Waals surface area contributed by atoms with E-state index < -0.39 is 30.2 Å². The van der Waals surface area contributed by atoms with Crippen molar-refractivity contribution in [2.45, 2.75) is 17.4 Å². The zero-order valence-electron chi connectivity index (χ0n) is 10.6. The van der Waals surface area contributed by atoms with E-state index in [9.17, 15) is 14.4 Å². The molecule has 9 heteroatoms. The van der Waals surface area contributed by atoms with E-state index >= 15 is 0 Å². The first-order valence-corrected chi connectivity index (χ1v) is 7.42. The van der Waals surface area contributed by atoms with E-state index in [1.807, 2.05) is 0 Å². The third-order valence-electron chi connectivity index (χ3n) is 2.29. The van der Waals surface area contributed by atoms with Gasteiger partial charge in [0.1, 0.15) is 6.04 Å². The molecule has 1 aromatic rings. The lowest BCUT2D eigenvalue weighted by Gasteiger charge is -2.12. The molecule has 1 aromatic carbocycles. The first-order chi connectivity index (χ1) is 9.79. The van der Waals surface area contributed by atoms with Crippen LogP contribution in [0.25, 0.3) is 0 Å². The van der Waals surface area contributed by atoms with Crippen molar-refractivity contribution in [3.63, 3.8) is 0 Å². The Bertz CT molecular complexity index is 568. The number of benzene rings is 1. The van der Waals surface area contributed by atoms with Crippen LogP contribution in [0.2, 0.25) is 10.0 Å². The van der Waals surface area contributed by atoms with E-state index in [4.69, 9.17) is 34.0 Å². The van der Waals surface area contributed by atoms with E-state index in [0.717, 1.165) is 11.8 Å². The van der Waals surface area contributed by atoms with Crippen LogP contribution in [0, 0.1) is 0 Å². The van der Waals surface area contributed by atoms with Crippen molar-refractivity contribution in [3.8, 4) is 0 Å². The number of carbonyl (C=O) groups excluding carboxylic acids is 2. The normalized spacial score (nSPS) is 11.7. The number of rotatable bonds is 7. The Morgan fingerprint density at radius 3 is 2.57 bits per heavy atom. The summed E-state index contributed by atoms with van der Waals surface area (Å²) in [5, 5.41) is 12.0. The maximum absolute atomic E-state index is 11.7. The lowest BCUT2D eigenvalue weighted by Crippen LogP contribution is -2.44. The predicted octanol–water partition coefficient (Wildman–Crippen LogP) is 1.53. The molecule has 6 nitrogen and oxygen atoms in total. The topological polar surface area (TPSA) is 109 Å². The summed E-state index contributed by atoms with van der Waals surface area (Å²) in [6, 6.07) is 3.46. The first-order valence-electron chi connectivity index (χ1n) is 5.68. The molecule has 0 bridgehead atoms. The van der Waals surface area contributed by atoms with Crippen LogP contribution in [0.5, 0.6) is 0 Å². The van der Waals surface area contributed by atoms with Gasteiger partial charge in [-0.15, -0.1) is 11.8 Å². The summed E-state index contributed by atoms with van der Waals surface area (Å²) in [5.41, 5.74) is 4.92. The SMILES string of the molecule is NC(=O)CC(NC(=O)CSc1cc(Cl)ccc1Cl)C(=O)O. The van der Waals surface area contributed by atoms with Crippen LogP contribution in [0.1, 0.15) is 6.42 Å². The number of hydrogen-bond acceptors (Lipinski definition) is 4. The molecule has 0 fully saturated rings. The number of primary amides is 1. The average molecular weight is 351 g/mol. The van der Waals surface area contributed by atoms with Gasteiger partial charge in [-0.05, 0) is 18.2 Å². The highest BCUT2D eigenvalue weighted by molar-refractivity contribution is 8.00. The zero-order valence-corrected chi connectivity index (χ0v) is 13.0. The molecule has 1 rings (SSSR count). The number of carbonyl (C=O) groups is 3. The summed E-state index contributed by atoms with van der Waals surface area (Å²) in [6.45, 7) is 0. The Hall–Kier alpha value is -1.44. The summed E-state index contributed by atoms with van der Waals surface area (Å²) < 4.78 is 0. The molecule has 0 aliphatic heterocycles. The third kappa shape index (κ3) is 6.24. The molecule has 2 amide bonds. The predicted molar refractivity (Wildman–Crippen MR) is 80.6 cm³/mol. The van der Waals surface area contributed by atoms with Crippen LogP contribution in [0.4, 0.5) is 0 Å². The highest BCUT2D eigenvalue weighted by Gasteiger charge is 2.22. The van der Waals surface area contributed by atoms with Gasteiger partial charge in [-0.25, -0.2) is 4.79 Å². The summed E-state index contributed by atoms with van der Waals surface area (Å²) in [6.07, 6.45) is -0.469. The smallest absolute Gasteiger partial charge is 0.326 e. The van der Waals surface area contributed by atoms with Crippen molar-refractivity contribution in [2.24, 2.45) is 5.73 Å². The second kappa shape index (κ2) is 8.11. The molecule has 0 saturated carbocycles.